The summed E-state index contributed by atoms with van der Waals surface area (Å²) in [6.45, 7) is 3.31. The van der Waals surface area contributed by atoms with E-state index in [0.29, 0.717) is 16.5 Å². The van der Waals surface area contributed by atoms with E-state index in [-0.39, 0.29) is 5.76 Å². The van der Waals surface area contributed by atoms with Crippen molar-refractivity contribution in [3.63, 3.8) is 0 Å². The molecule has 0 aliphatic heterocycles. The molecule has 1 heterocycles. The molecule has 16 heavy (non-hydrogen) atoms. The predicted octanol–water partition coefficient (Wildman–Crippen LogP) is 3.72. The summed E-state index contributed by atoms with van der Waals surface area (Å²) in [7, 11) is 0. The summed E-state index contributed by atoms with van der Waals surface area (Å²) in [6.07, 6.45) is -4.39. The molecule has 0 radical (unpaired) electrons. The number of H-pyrrole nitrogens is 1. The first kappa shape index (κ1) is 10.6. The largest absolute Gasteiger partial charge is 0.508 e. The second-order valence-electron chi connectivity index (χ2n) is 3.43. The van der Waals surface area contributed by atoms with Gasteiger partial charge in [-0.1, -0.05) is 18.7 Å². The first-order valence-corrected chi connectivity index (χ1v) is 4.46. The van der Waals surface area contributed by atoms with Crippen molar-refractivity contribution >= 4 is 16.7 Å². The van der Waals surface area contributed by atoms with Crippen LogP contribution in [0.5, 0.6) is 0 Å². The van der Waals surface area contributed by atoms with Gasteiger partial charge in [-0.3, -0.25) is 0 Å². The van der Waals surface area contributed by atoms with E-state index < -0.39 is 11.9 Å². The highest BCUT2D eigenvalue weighted by Gasteiger charge is 2.32. The van der Waals surface area contributed by atoms with Crippen LogP contribution >= 0.6 is 0 Å². The van der Waals surface area contributed by atoms with Crippen LogP contribution in [0.3, 0.4) is 0 Å². The molecule has 0 spiro atoms. The van der Waals surface area contributed by atoms with Gasteiger partial charge < -0.3 is 10.1 Å². The quantitative estimate of drug-likeness (QED) is 0.715. The van der Waals surface area contributed by atoms with Gasteiger partial charge >= 0.3 is 6.18 Å². The zero-order chi connectivity index (χ0) is 11.9. The third-order valence-electron chi connectivity index (χ3n) is 2.26. The SMILES string of the molecule is C=C(O)c1ccc2cc(C(F)(F)F)[nH]c2c1. The second-order valence-corrected chi connectivity index (χ2v) is 3.43. The molecule has 1 aromatic heterocycles. The highest BCUT2D eigenvalue weighted by Crippen LogP contribution is 2.31. The average Bonchev–Trinajstić information content (AvgIpc) is 2.58. The van der Waals surface area contributed by atoms with Crippen LogP contribution in [-0.4, -0.2) is 10.1 Å². The number of hydrogen-bond acceptors (Lipinski definition) is 1. The molecule has 0 aliphatic carbocycles. The Hall–Kier alpha value is -1.91. The molecule has 0 unspecified atom stereocenters. The molecule has 2 nitrogen and oxygen atoms in total. The van der Waals surface area contributed by atoms with E-state index in [4.69, 9.17) is 5.11 Å². The molecule has 0 bridgehead atoms. The number of benzene rings is 1. The normalized spacial score (nSPS) is 11.9. The fraction of sp³-hybridized carbons (Fsp3) is 0.0909. The monoisotopic (exact) mass is 227 g/mol. The number of halogens is 3. The van der Waals surface area contributed by atoms with Gasteiger partial charge in [-0.25, -0.2) is 0 Å². The van der Waals surface area contributed by atoms with Crippen LogP contribution in [0.2, 0.25) is 0 Å². The maximum absolute atomic E-state index is 12.4. The molecule has 84 valence electrons. The molecule has 0 saturated heterocycles. The highest BCUT2D eigenvalue weighted by molar-refractivity contribution is 5.83. The summed E-state index contributed by atoms with van der Waals surface area (Å²) < 4.78 is 37.2. The van der Waals surface area contributed by atoms with Crippen molar-refractivity contribution in [3.8, 4) is 0 Å². The molecule has 0 fully saturated rings. The maximum Gasteiger partial charge on any atom is 0.431 e. The Labute approximate surface area is 89.0 Å². The first-order valence-electron chi connectivity index (χ1n) is 4.46. The van der Waals surface area contributed by atoms with Crippen LogP contribution in [0.15, 0.2) is 30.8 Å². The number of alkyl halides is 3. The first-order chi connectivity index (χ1) is 7.38. The standard InChI is InChI=1S/C11H8F3NO/c1-6(16)7-2-3-8-5-10(11(12,13)14)15-9(8)4-7/h2-5,15-16H,1H2. The van der Waals surface area contributed by atoms with E-state index in [1.54, 1.807) is 0 Å². The molecule has 5 heteroatoms. The number of rotatable bonds is 1. The smallest absolute Gasteiger partial charge is 0.431 e. The van der Waals surface area contributed by atoms with Gasteiger partial charge in [0.2, 0.25) is 0 Å². The van der Waals surface area contributed by atoms with Crippen molar-refractivity contribution in [3.05, 3.63) is 42.1 Å². The number of aliphatic hydroxyl groups excluding tert-OH is 1. The van der Waals surface area contributed by atoms with Gasteiger partial charge in [-0.15, -0.1) is 0 Å². The number of aromatic nitrogens is 1. The second kappa shape index (κ2) is 3.30. The van der Waals surface area contributed by atoms with Crippen LogP contribution in [0.25, 0.3) is 16.7 Å². The van der Waals surface area contributed by atoms with E-state index in [9.17, 15) is 13.2 Å². The minimum atomic E-state index is -4.39. The summed E-state index contributed by atoms with van der Waals surface area (Å²) in [4.78, 5) is 2.25. The Morgan fingerprint density at radius 1 is 1.25 bits per heavy atom. The van der Waals surface area contributed by atoms with Gasteiger partial charge in [0.1, 0.15) is 11.5 Å². The van der Waals surface area contributed by atoms with E-state index in [2.05, 4.69) is 11.6 Å². The zero-order valence-electron chi connectivity index (χ0n) is 8.10. The minimum absolute atomic E-state index is 0.176. The van der Waals surface area contributed by atoms with Gasteiger partial charge in [0.05, 0.1) is 0 Å². The lowest BCUT2D eigenvalue weighted by Gasteiger charge is -2.01. The predicted molar refractivity (Wildman–Crippen MR) is 55.0 cm³/mol. The number of aromatic amines is 1. The number of hydrogen-bond donors (Lipinski definition) is 2. The molecule has 0 saturated carbocycles. The molecular formula is C11H8F3NO. The molecule has 1 aromatic carbocycles. The summed E-state index contributed by atoms with van der Waals surface area (Å²) in [6, 6.07) is 5.46. The average molecular weight is 227 g/mol. The van der Waals surface area contributed by atoms with Crippen molar-refractivity contribution in [1.29, 1.82) is 0 Å². The lowest BCUT2D eigenvalue weighted by atomic mass is 10.1. The Bertz CT molecular complexity index is 554. The van der Waals surface area contributed by atoms with Gasteiger partial charge in [0, 0.05) is 16.5 Å². The molecule has 0 aliphatic rings. The van der Waals surface area contributed by atoms with Crippen molar-refractivity contribution in [2.45, 2.75) is 6.18 Å². The summed E-state index contributed by atoms with van der Waals surface area (Å²) >= 11 is 0. The van der Waals surface area contributed by atoms with Crippen molar-refractivity contribution in [1.82, 2.24) is 4.98 Å². The van der Waals surface area contributed by atoms with E-state index in [1.807, 2.05) is 0 Å². The highest BCUT2D eigenvalue weighted by atomic mass is 19.4. The van der Waals surface area contributed by atoms with Crippen LogP contribution in [-0.2, 0) is 6.18 Å². The van der Waals surface area contributed by atoms with Crippen LogP contribution in [0, 0.1) is 0 Å². The van der Waals surface area contributed by atoms with Gasteiger partial charge in [0.25, 0.3) is 0 Å². The minimum Gasteiger partial charge on any atom is -0.508 e. The van der Waals surface area contributed by atoms with Crippen molar-refractivity contribution < 1.29 is 18.3 Å². The number of aliphatic hydroxyl groups is 1. The summed E-state index contributed by atoms with van der Waals surface area (Å²) in [5.74, 6) is -0.176. The van der Waals surface area contributed by atoms with Crippen LogP contribution in [0.4, 0.5) is 13.2 Å². The Balaban J connectivity index is 2.59. The molecule has 2 N–H and O–H groups in total. The lowest BCUT2D eigenvalue weighted by Crippen LogP contribution is -2.04. The van der Waals surface area contributed by atoms with E-state index >= 15 is 0 Å². The Morgan fingerprint density at radius 2 is 1.94 bits per heavy atom. The van der Waals surface area contributed by atoms with Crippen molar-refractivity contribution in [2.24, 2.45) is 0 Å². The van der Waals surface area contributed by atoms with Crippen LogP contribution in [0.1, 0.15) is 11.3 Å². The van der Waals surface area contributed by atoms with Gasteiger partial charge in [-0.05, 0) is 12.1 Å². The number of fused-ring (bicyclic) bond motifs is 1. The van der Waals surface area contributed by atoms with Gasteiger partial charge in [0.15, 0.2) is 0 Å². The number of nitrogens with one attached hydrogen (secondary N) is 1. The molecule has 2 aromatic rings. The van der Waals surface area contributed by atoms with Crippen LogP contribution < -0.4 is 0 Å². The molecule has 0 atom stereocenters. The van der Waals surface area contributed by atoms with Crippen molar-refractivity contribution in [2.75, 3.05) is 0 Å². The maximum atomic E-state index is 12.4. The Kier molecular flexibility index (Phi) is 2.18. The third-order valence-corrected chi connectivity index (χ3v) is 2.26. The lowest BCUT2D eigenvalue weighted by molar-refractivity contribution is -0.140. The third kappa shape index (κ3) is 1.76. The summed E-state index contributed by atoms with van der Waals surface area (Å²) in [5, 5.41) is 9.56. The summed E-state index contributed by atoms with van der Waals surface area (Å²) in [5.41, 5.74) is -0.0914. The van der Waals surface area contributed by atoms with E-state index in [0.717, 1.165) is 6.07 Å². The van der Waals surface area contributed by atoms with E-state index in [1.165, 1.54) is 18.2 Å². The zero-order valence-corrected chi connectivity index (χ0v) is 8.10. The Morgan fingerprint density at radius 3 is 2.50 bits per heavy atom. The molecular weight excluding hydrogens is 219 g/mol. The molecule has 2 rings (SSSR count). The topological polar surface area (TPSA) is 36.0 Å². The fourth-order valence-corrected chi connectivity index (χ4v) is 1.46. The molecule has 0 amide bonds. The fourth-order valence-electron chi connectivity index (χ4n) is 1.46. The van der Waals surface area contributed by atoms with Gasteiger partial charge in [-0.2, -0.15) is 13.2 Å².